The van der Waals surface area contributed by atoms with Gasteiger partial charge in [0, 0.05) is 18.4 Å². The molecular weight excluding hydrogens is 711 g/mol. The van der Waals surface area contributed by atoms with Gasteiger partial charge in [0.1, 0.15) is 0 Å². The first-order valence-corrected chi connectivity index (χ1v) is 20.8. The molecule has 9 aromatic rings. The smallest absolute Gasteiger partial charge is 0.0470 e. The summed E-state index contributed by atoms with van der Waals surface area (Å²) in [6, 6.07) is 74.0. The van der Waals surface area contributed by atoms with Crippen molar-refractivity contribution in [2.75, 3.05) is 11.9 Å². The standard InChI is InChI=1S/C58H43N/c1-38-31-32-45-37-44(33-36-50(45)59(2)58(38)43-27-16-7-17-28-43)46-34-35-49-55-47(46)29-18-30-48(55)56-53(41-23-12-5-13-24-41)51(39-19-8-3-9-20-39)52(40-21-10-4-11-22-40)54(57(49)56)42-25-14-6-15-26-42/h3-30,33-37H,31-32H2,1-2H3. The highest BCUT2D eigenvalue weighted by molar-refractivity contribution is 6.27. The highest BCUT2D eigenvalue weighted by atomic mass is 15.1. The van der Waals surface area contributed by atoms with Crippen LogP contribution in [-0.4, -0.2) is 7.05 Å². The Kier molecular flexibility index (Phi) is 8.48. The van der Waals surface area contributed by atoms with E-state index in [1.807, 2.05) is 0 Å². The number of aryl methyl sites for hydroxylation is 1. The summed E-state index contributed by atoms with van der Waals surface area (Å²) in [6.07, 6.45) is 2.04. The SMILES string of the molecule is CC1=C(c2ccccc2)N(C)c2ccc(-c3ccc4c5c(cccc35)-c3c(-c5ccccc5)c(-c5ccccc5)c(-c5ccccc5)c(-c5ccccc5)c3-4)cc2CC1. The molecule has 1 nitrogen and oxygen atoms in total. The normalized spacial score (nSPS) is 13.0. The third kappa shape index (κ3) is 5.69. The molecule has 59 heavy (non-hydrogen) atoms. The molecule has 1 aliphatic heterocycles. The number of anilines is 1. The van der Waals surface area contributed by atoms with E-state index >= 15 is 0 Å². The summed E-state index contributed by atoms with van der Waals surface area (Å²) in [5, 5.41) is 2.62. The van der Waals surface area contributed by atoms with E-state index in [-0.39, 0.29) is 0 Å². The van der Waals surface area contributed by atoms with Crippen LogP contribution in [0.15, 0.2) is 206 Å². The van der Waals surface area contributed by atoms with Gasteiger partial charge in [0.05, 0.1) is 0 Å². The summed E-state index contributed by atoms with van der Waals surface area (Å²) in [4.78, 5) is 2.41. The summed E-state index contributed by atoms with van der Waals surface area (Å²) < 4.78 is 0. The minimum absolute atomic E-state index is 1.01. The van der Waals surface area contributed by atoms with Gasteiger partial charge < -0.3 is 4.90 Å². The molecule has 0 amide bonds. The van der Waals surface area contributed by atoms with E-state index in [0.717, 1.165) is 12.8 Å². The Morgan fingerprint density at radius 2 is 0.797 bits per heavy atom. The zero-order valence-electron chi connectivity index (χ0n) is 33.4. The van der Waals surface area contributed by atoms with Gasteiger partial charge in [-0.25, -0.2) is 0 Å². The van der Waals surface area contributed by atoms with Crippen LogP contribution < -0.4 is 4.90 Å². The van der Waals surface area contributed by atoms with Crippen LogP contribution in [-0.2, 0) is 6.42 Å². The third-order valence-corrected chi connectivity index (χ3v) is 12.6. The summed E-state index contributed by atoms with van der Waals surface area (Å²) in [5.41, 5.74) is 24.4. The Labute approximate surface area is 347 Å². The first-order chi connectivity index (χ1) is 29.2. The molecule has 1 heteroatoms. The molecular formula is C58H43N. The van der Waals surface area contributed by atoms with Gasteiger partial charge in [0.2, 0.25) is 0 Å². The second-order valence-corrected chi connectivity index (χ2v) is 16.0. The Morgan fingerprint density at radius 1 is 0.356 bits per heavy atom. The van der Waals surface area contributed by atoms with Crippen molar-refractivity contribution in [2.45, 2.75) is 19.8 Å². The number of rotatable bonds is 6. The second-order valence-electron chi connectivity index (χ2n) is 16.0. The van der Waals surface area contributed by atoms with Gasteiger partial charge in [-0.05, 0) is 137 Å². The molecule has 280 valence electrons. The lowest BCUT2D eigenvalue weighted by atomic mass is 9.76. The molecule has 0 atom stereocenters. The van der Waals surface area contributed by atoms with Crippen molar-refractivity contribution in [3.8, 4) is 77.9 Å². The molecule has 0 fully saturated rings. The average Bonchev–Trinajstić information content (AvgIpc) is 3.57. The van der Waals surface area contributed by atoms with Gasteiger partial charge in [-0.1, -0.05) is 188 Å². The minimum atomic E-state index is 1.01. The molecule has 0 radical (unpaired) electrons. The Morgan fingerprint density at radius 3 is 1.31 bits per heavy atom. The number of hydrogen-bond acceptors (Lipinski definition) is 1. The van der Waals surface area contributed by atoms with Gasteiger partial charge in [-0.2, -0.15) is 0 Å². The molecule has 2 aliphatic rings. The predicted octanol–water partition coefficient (Wildman–Crippen LogP) is 15.6. The first kappa shape index (κ1) is 35.0. The van der Waals surface area contributed by atoms with E-state index in [4.69, 9.17) is 0 Å². The van der Waals surface area contributed by atoms with E-state index in [1.165, 1.54) is 117 Å². The number of hydrogen-bond donors (Lipinski definition) is 0. The van der Waals surface area contributed by atoms with Crippen molar-refractivity contribution in [1.82, 2.24) is 0 Å². The van der Waals surface area contributed by atoms with Crippen LogP contribution in [0, 0.1) is 0 Å². The topological polar surface area (TPSA) is 3.24 Å². The maximum absolute atomic E-state index is 2.46. The van der Waals surface area contributed by atoms with E-state index < -0.39 is 0 Å². The van der Waals surface area contributed by atoms with Crippen molar-refractivity contribution in [1.29, 1.82) is 0 Å². The lowest BCUT2D eigenvalue weighted by molar-refractivity contribution is 0.956. The number of nitrogens with zero attached hydrogens (tertiary/aromatic N) is 1. The molecule has 0 spiro atoms. The van der Waals surface area contributed by atoms with Crippen LogP contribution in [0.1, 0.15) is 24.5 Å². The quantitative estimate of drug-likeness (QED) is 0.163. The Balaban J connectivity index is 1.19. The highest BCUT2D eigenvalue weighted by Crippen LogP contribution is 2.61. The number of benzene rings is 9. The Bertz CT molecular complexity index is 2960. The highest BCUT2D eigenvalue weighted by Gasteiger charge is 2.34. The predicted molar refractivity (Wildman–Crippen MR) is 251 cm³/mol. The van der Waals surface area contributed by atoms with Crippen LogP contribution in [0.4, 0.5) is 5.69 Å². The fraction of sp³-hybridized carbons (Fsp3) is 0.0690. The molecule has 0 aromatic heterocycles. The molecule has 0 saturated carbocycles. The van der Waals surface area contributed by atoms with Crippen LogP contribution in [0.25, 0.3) is 94.4 Å². The van der Waals surface area contributed by atoms with Crippen molar-refractivity contribution in [3.63, 3.8) is 0 Å². The molecule has 9 aromatic carbocycles. The van der Waals surface area contributed by atoms with E-state index in [2.05, 4.69) is 219 Å². The lowest BCUT2D eigenvalue weighted by Gasteiger charge is -2.26. The van der Waals surface area contributed by atoms with Crippen LogP contribution in [0.2, 0.25) is 0 Å². The van der Waals surface area contributed by atoms with Crippen molar-refractivity contribution < 1.29 is 0 Å². The maximum Gasteiger partial charge on any atom is 0.0470 e. The van der Waals surface area contributed by atoms with E-state index in [9.17, 15) is 0 Å². The zero-order chi connectivity index (χ0) is 39.5. The maximum atomic E-state index is 2.46. The molecule has 1 aliphatic carbocycles. The van der Waals surface area contributed by atoms with Gasteiger partial charge in [0.25, 0.3) is 0 Å². The average molecular weight is 754 g/mol. The lowest BCUT2D eigenvalue weighted by Crippen LogP contribution is -2.16. The van der Waals surface area contributed by atoms with Gasteiger partial charge in [-0.3, -0.25) is 0 Å². The first-order valence-electron chi connectivity index (χ1n) is 20.8. The fourth-order valence-electron chi connectivity index (χ4n) is 10.1. The van der Waals surface area contributed by atoms with Gasteiger partial charge >= 0.3 is 0 Å². The van der Waals surface area contributed by atoms with Crippen molar-refractivity contribution in [3.05, 3.63) is 217 Å². The summed E-state index contributed by atoms with van der Waals surface area (Å²) in [7, 11) is 2.23. The second kappa shape index (κ2) is 14.3. The van der Waals surface area contributed by atoms with E-state index in [0.29, 0.717) is 0 Å². The molecule has 0 bridgehead atoms. The molecule has 1 heterocycles. The molecule has 0 unspecified atom stereocenters. The molecule has 0 N–H and O–H groups in total. The number of allylic oxidation sites excluding steroid dienone is 1. The minimum Gasteiger partial charge on any atom is -0.344 e. The largest absolute Gasteiger partial charge is 0.344 e. The monoisotopic (exact) mass is 753 g/mol. The van der Waals surface area contributed by atoms with Crippen molar-refractivity contribution >= 4 is 22.2 Å². The fourth-order valence-corrected chi connectivity index (χ4v) is 10.1. The molecule has 0 saturated heterocycles. The number of fused-ring (bicyclic) bond motifs is 4. The molecule has 11 rings (SSSR count). The summed E-state index contributed by atoms with van der Waals surface area (Å²) in [5.74, 6) is 0. The van der Waals surface area contributed by atoms with Crippen molar-refractivity contribution in [2.24, 2.45) is 0 Å². The summed E-state index contributed by atoms with van der Waals surface area (Å²) in [6.45, 7) is 2.30. The van der Waals surface area contributed by atoms with Crippen LogP contribution >= 0.6 is 0 Å². The third-order valence-electron chi connectivity index (χ3n) is 12.6. The Hall–Kier alpha value is -7.22. The van der Waals surface area contributed by atoms with Crippen LogP contribution in [0.3, 0.4) is 0 Å². The summed E-state index contributed by atoms with van der Waals surface area (Å²) >= 11 is 0. The van der Waals surface area contributed by atoms with Gasteiger partial charge in [0.15, 0.2) is 0 Å². The van der Waals surface area contributed by atoms with Gasteiger partial charge in [-0.15, -0.1) is 0 Å². The zero-order valence-corrected chi connectivity index (χ0v) is 33.4. The van der Waals surface area contributed by atoms with Crippen LogP contribution in [0.5, 0.6) is 0 Å². The van der Waals surface area contributed by atoms with E-state index in [1.54, 1.807) is 0 Å².